The van der Waals surface area contributed by atoms with Crippen molar-refractivity contribution in [3.63, 3.8) is 0 Å². The Morgan fingerprint density at radius 1 is 1.00 bits per heavy atom. The van der Waals surface area contributed by atoms with Crippen LogP contribution in [-0.4, -0.2) is 31.6 Å². The Morgan fingerprint density at radius 2 is 1.69 bits per heavy atom. The Hall–Kier alpha value is -3.02. The zero-order valence-corrected chi connectivity index (χ0v) is 17.7. The van der Waals surface area contributed by atoms with Gasteiger partial charge >= 0.3 is 0 Å². The van der Waals surface area contributed by atoms with Gasteiger partial charge in [-0.25, -0.2) is 0 Å². The molecule has 2 N–H and O–H groups in total. The van der Waals surface area contributed by atoms with Crippen molar-refractivity contribution in [3.05, 3.63) is 54.1 Å². The van der Waals surface area contributed by atoms with Gasteiger partial charge in [0.1, 0.15) is 16.9 Å². The lowest BCUT2D eigenvalue weighted by Gasteiger charge is -2.23. The number of hydrogen-bond donors (Lipinski definition) is 2. The van der Waals surface area contributed by atoms with E-state index >= 15 is 0 Å². The van der Waals surface area contributed by atoms with Crippen LogP contribution in [0.1, 0.15) is 33.3 Å². The zero-order chi connectivity index (χ0) is 21.4. The number of methoxy groups -OCH3 is 1. The highest BCUT2D eigenvalue weighted by Gasteiger charge is 2.35. The number of anilines is 1. The summed E-state index contributed by atoms with van der Waals surface area (Å²) in [6.45, 7) is 7.55. The van der Waals surface area contributed by atoms with Gasteiger partial charge in [0.25, 0.3) is 0 Å². The van der Waals surface area contributed by atoms with Crippen molar-refractivity contribution < 1.29 is 19.1 Å². The molecule has 0 radical (unpaired) electrons. The molecule has 6 heteroatoms. The monoisotopic (exact) mass is 398 g/mol. The summed E-state index contributed by atoms with van der Waals surface area (Å²) in [6, 6.07) is 14.8. The summed E-state index contributed by atoms with van der Waals surface area (Å²) >= 11 is 0. The molecule has 0 saturated heterocycles. The second kappa shape index (κ2) is 9.96. The minimum Gasteiger partial charge on any atom is -0.497 e. The second-order valence-corrected chi connectivity index (χ2v) is 7.63. The number of amides is 2. The maximum absolute atomic E-state index is 12.6. The molecule has 2 aromatic carbocycles. The highest BCUT2D eigenvalue weighted by molar-refractivity contribution is 6.09. The topological polar surface area (TPSA) is 76.7 Å². The lowest BCUT2D eigenvalue weighted by Crippen LogP contribution is -2.45. The van der Waals surface area contributed by atoms with Crippen LogP contribution in [0.2, 0.25) is 0 Å². The van der Waals surface area contributed by atoms with Crippen LogP contribution in [0.5, 0.6) is 11.5 Å². The first-order valence-corrected chi connectivity index (χ1v) is 9.71. The predicted molar refractivity (Wildman–Crippen MR) is 114 cm³/mol. The summed E-state index contributed by atoms with van der Waals surface area (Å²) in [7, 11) is 1.62. The van der Waals surface area contributed by atoms with Crippen molar-refractivity contribution in [2.45, 2.75) is 40.2 Å². The Kier molecular flexibility index (Phi) is 7.65. The van der Waals surface area contributed by atoms with Crippen molar-refractivity contribution in [3.8, 4) is 11.5 Å². The van der Waals surface area contributed by atoms with Crippen molar-refractivity contribution in [1.29, 1.82) is 0 Å². The van der Waals surface area contributed by atoms with Crippen LogP contribution >= 0.6 is 0 Å². The van der Waals surface area contributed by atoms with Crippen LogP contribution in [0.4, 0.5) is 5.69 Å². The van der Waals surface area contributed by atoms with Gasteiger partial charge in [0.05, 0.1) is 13.2 Å². The van der Waals surface area contributed by atoms with E-state index in [-0.39, 0.29) is 17.9 Å². The van der Waals surface area contributed by atoms with Gasteiger partial charge in [-0.2, -0.15) is 0 Å². The maximum atomic E-state index is 12.6. The molecule has 0 bridgehead atoms. The number of rotatable bonds is 9. The average molecular weight is 399 g/mol. The summed E-state index contributed by atoms with van der Waals surface area (Å²) in [5.41, 5.74) is 0.459. The third-order valence-electron chi connectivity index (χ3n) is 4.45. The van der Waals surface area contributed by atoms with Gasteiger partial charge in [0.2, 0.25) is 11.8 Å². The fourth-order valence-electron chi connectivity index (χ4n) is 2.65. The first kappa shape index (κ1) is 22.3. The summed E-state index contributed by atoms with van der Waals surface area (Å²) < 4.78 is 10.8. The number of ether oxygens (including phenoxy) is 2. The molecule has 0 spiro atoms. The van der Waals surface area contributed by atoms with Crippen LogP contribution in [-0.2, 0) is 16.0 Å². The minimum atomic E-state index is -1.21. The highest BCUT2D eigenvalue weighted by Crippen LogP contribution is 2.21. The number of carbonyl (C=O) groups is 2. The Labute approximate surface area is 172 Å². The number of hydrogen-bond acceptors (Lipinski definition) is 4. The molecule has 2 amide bonds. The molecule has 0 saturated carbocycles. The molecule has 0 fully saturated rings. The van der Waals surface area contributed by atoms with Crippen LogP contribution in [0, 0.1) is 5.41 Å². The molecule has 0 atom stereocenters. The second-order valence-electron chi connectivity index (χ2n) is 7.63. The molecule has 0 unspecified atom stereocenters. The van der Waals surface area contributed by atoms with Crippen LogP contribution in [0.25, 0.3) is 0 Å². The van der Waals surface area contributed by atoms with Gasteiger partial charge in [-0.1, -0.05) is 12.1 Å². The maximum Gasteiger partial charge on any atom is 0.239 e. The molecule has 0 aliphatic heterocycles. The molecule has 6 nitrogen and oxygen atoms in total. The van der Waals surface area contributed by atoms with Gasteiger partial charge in [0.15, 0.2) is 0 Å². The van der Waals surface area contributed by atoms with Gasteiger partial charge in [-0.05, 0) is 76.1 Å². The van der Waals surface area contributed by atoms with Gasteiger partial charge in [-0.3, -0.25) is 9.59 Å². The fourth-order valence-corrected chi connectivity index (χ4v) is 2.65. The van der Waals surface area contributed by atoms with E-state index < -0.39 is 5.41 Å². The SMILES string of the molecule is COc1cccc(CCNC(=O)C(C)(C)C(=O)Nc2ccc(OC(C)C)cc2)c1. The first-order chi connectivity index (χ1) is 13.7. The van der Waals surface area contributed by atoms with Crippen molar-refractivity contribution in [2.75, 3.05) is 19.0 Å². The fraction of sp³-hybridized carbons (Fsp3) is 0.391. The molecule has 0 heterocycles. The molecule has 0 aliphatic carbocycles. The first-order valence-electron chi connectivity index (χ1n) is 9.71. The zero-order valence-electron chi connectivity index (χ0n) is 17.7. The predicted octanol–water partition coefficient (Wildman–Crippen LogP) is 3.81. The molecule has 2 aromatic rings. The summed E-state index contributed by atoms with van der Waals surface area (Å²) in [4.78, 5) is 25.2. The lowest BCUT2D eigenvalue weighted by molar-refractivity contribution is -0.138. The molecule has 2 rings (SSSR count). The summed E-state index contributed by atoms with van der Waals surface area (Å²) in [6.07, 6.45) is 0.729. The van der Waals surface area contributed by atoms with E-state index in [1.54, 1.807) is 45.2 Å². The average Bonchev–Trinajstić information content (AvgIpc) is 2.69. The Balaban J connectivity index is 1.88. The van der Waals surface area contributed by atoms with E-state index in [4.69, 9.17) is 9.47 Å². The van der Waals surface area contributed by atoms with E-state index in [1.165, 1.54) is 0 Å². The molecule has 156 valence electrons. The molecule has 29 heavy (non-hydrogen) atoms. The van der Waals surface area contributed by atoms with E-state index in [1.807, 2.05) is 38.1 Å². The van der Waals surface area contributed by atoms with Gasteiger partial charge in [0, 0.05) is 12.2 Å². The number of nitrogens with one attached hydrogen (secondary N) is 2. The van der Waals surface area contributed by atoms with Gasteiger partial charge in [-0.15, -0.1) is 0 Å². The third kappa shape index (κ3) is 6.52. The van der Waals surface area contributed by atoms with Crippen molar-refractivity contribution >= 4 is 17.5 Å². The largest absolute Gasteiger partial charge is 0.497 e. The lowest BCUT2D eigenvalue weighted by atomic mass is 9.91. The van der Waals surface area contributed by atoms with E-state index in [0.29, 0.717) is 18.7 Å². The highest BCUT2D eigenvalue weighted by atomic mass is 16.5. The Bertz CT molecular complexity index is 829. The minimum absolute atomic E-state index is 0.0787. The molecular formula is C23H30N2O4. The van der Waals surface area contributed by atoms with E-state index in [0.717, 1.165) is 17.1 Å². The van der Waals surface area contributed by atoms with Crippen LogP contribution < -0.4 is 20.1 Å². The standard InChI is InChI=1S/C23H30N2O4/c1-16(2)29-19-11-9-18(10-12-19)25-22(27)23(3,4)21(26)24-14-13-17-7-6-8-20(15-17)28-5/h6-12,15-16H,13-14H2,1-5H3,(H,24,26)(H,25,27). The molecule has 0 aliphatic rings. The smallest absolute Gasteiger partial charge is 0.239 e. The van der Waals surface area contributed by atoms with Crippen molar-refractivity contribution in [2.24, 2.45) is 5.41 Å². The number of benzene rings is 2. The van der Waals surface area contributed by atoms with Crippen LogP contribution in [0.15, 0.2) is 48.5 Å². The summed E-state index contributed by atoms with van der Waals surface area (Å²) in [5.74, 6) is 0.817. The Morgan fingerprint density at radius 3 is 2.31 bits per heavy atom. The van der Waals surface area contributed by atoms with Crippen molar-refractivity contribution in [1.82, 2.24) is 5.32 Å². The summed E-state index contributed by atoms with van der Waals surface area (Å²) in [5, 5.41) is 5.64. The van der Waals surface area contributed by atoms with Crippen LogP contribution in [0.3, 0.4) is 0 Å². The quantitative estimate of drug-likeness (QED) is 0.630. The third-order valence-corrected chi connectivity index (χ3v) is 4.45. The van der Waals surface area contributed by atoms with Gasteiger partial charge < -0.3 is 20.1 Å². The van der Waals surface area contributed by atoms with E-state index in [2.05, 4.69) is 10.6 Å². The number of carbonyl (C=O) groups excluding carboxylic acids is 2. The molecule has 0 aromatic heterocycles. The van der Waals surface area contributed by atoms with E-state index in [9.17, 15) is 9.59 Å². The normalized spacial score (nSPS) is 11.1. The molecular weight excluding hydrogens is 368 g/mol.